The van der Waals surface area contributed by atoms with Gasteiger partial charge in [-0.15, -0.1) is 0 Å². The van der Waals surface area contributed by atoms with Crippen LogP contribution in [0.5, 0.6) is 5.75 Å². The third-order valence-electron chi connectivity index (χ3n) is 2.47. The zero-order chi connectivity index (χ0) is 16.0. The molecule has 2 N–H and O–H groups in total. The Morgan fingerprint density at radius 2 is 2.05 bits per heavy atom. The number of nitro groups is 1. The predicted octanol–water partition coefficient (Wildman–Crippen LogP) is 1.61. The van der Waals surface area contributed by atoms with Crippen molar-refractivity contribution in [2.45, 2.75) is 32.9 Å². The van der Waals surface area contributed by atoms with Crippen LogP contribution in [0.1, 0.15) is 26.3 Å². The molecule has 7 nitrogen and oxygen atoms in total. The standard InChI is InChI=1S/C14H21N3O4/c1-14(2,3)16-13(18)9-21-12-6-5-10(8-15-4)7-11(12)17(19)20/h5-7,15H,8-9H2,1-4H3,(H,16,18). The summed E-state index contributed by atoms with van der Waals surface area (Å²) in [7, 11) is 1.76. The summed E-state index contributed by atoms with van der Waals surface area (Å²) in [4.78, 5) is 22.2. The molecule has 0 fully saturated rings. The second kappa shape index (κ2) is 7.03. The first-order valence-corrected chi connectivity index (χ1v) is 6.58. The third kappa shape index (κ3) is 5.78. The Labute approximate surface area is 123 Å². The highest BCUT2D eigenvalue weighted by atomic mass is 16.6. The smallest absolute Gasteiger partial charge is 0.311 e. The number of benzene rings is 1. The summed E-state index contributed by atoms with van der Waals surface area (Å²) in [6.07, 6.45) is 0. The maximum Gasteiger partial charge on any atom is 0.311 e. The van der Waals surface area contributed by atoms with Crippen LogP contribution in [-0.2, 0) is 11.3 Å². The Morgan fingerprint density at radius 3 is 2.57 bits per heavy atom. The van der Waals surface area contributed by atoms with Crippen molar-refractivity contribution < 1.29 is 14.5 Å². The molecule has 1 aromatic carbocycles. The van der Waals surface area contributed by atoms with Crippen LogP contribution < -0.4 is 15.4 Å². The fourth-order valence-corrected chi connectivity index (χ4v) is 1.74. The molecule has 21 heavy (non-hydrogen) atoms. The number of carbonyl (C=O) groups is 1. The lowest BCUT2D eigenvalue weighted by molar-refractivity contribution is -0.385. The van der Waals surface area contributed by atoms with E-state index in [1.165, 1.54) is 12.1 Å². The van der Waals surface area contributed by atoms with Crippen LogP contribution in [0.25, 0.3) is 0 Å². The minimum Gasteiger partial charge on any atom is -0.477 e. The molecule has 0 bridgehead atoms. The number of ether oxygens (including phenoxy) is 1. The first kappa shape index (κ1) is 16.9. The van der Waals surface area contributed by atoms with Gasteiger partial charge in [0.05, 0.1) is 4.92 Å². The zero-order valence-electron chi connectivity index (χ0n) is 12.7. The number of nitrogens with zero attached hydrogens (tertiary/aromatic N) is 1. The second-order valence-electron chi connectivity index (χ2n) is 5.68. The first-order valence-electron chi connectivity index (χ1n) is 6.58. The van der Waals surface area contributed by atoms with Crippen molar-refractivity contribution in [1.29, 1.82) is 0 Å². The van der Waals surface area contributed by atoms with E-state index in [0.717, 1.165) is 5.56 Å². The SMILES string of the molecule is CNCc1ccc(OCC(=O)NC(C)(C)C)c([N+](=O)[O-])c1. The molecule has 1 aromatic rings. The van der Waals surface area contributed by atoms with Gasteiger partial charge in [0.1, 0.15) is 0 Å². The van der Waals surface area contributed by atoms with Crippen LogP contribution in [-0.4, -0.2) is 30.0 Å². The van der Waals surface area contributed by atoms with Gasteiger partial charge in [-0.05, 0) is 39.4 Å². The molecular weight excluding hydrogens is 274 g/mol. The number of hydrogen-bond acceptors (Lipinski definition) is 5. The van der Waals surface area contributed by atoms with Crippen molar-refractivity contribution in [2.24, 2.45) is 0 Å². The van der Waals surface area contributed by atoms with E-state index in [1.54, 1.807) is 13.1 Å². The summed E-state index contributed by atoms with van der Waals surface area (Å²) in [5, 5.41) is 16.7. The molecule has 0 unspecified atom stereocenters. The summed E-state index contributed by atoms with van der Waals surface area (Å²) < 4.78 is 5.27. The Morgan fingerprint density at radius 1 is 1.38 bits per heavy atom. The van der Waals surface area contributed by atoms with E-state index < -0.39 is 4.92 Å². The van der Waals surface area contributed by atoms with Gasteiger partial charge in [0.2, 0.25) is 0 Å². The third-order valence-corrected chi connectivity index (χ3v) is 2.47. The fraction of sp³-hybridized carbons (Fsp3) is 0.500. The average Bonchev–Trinajstić information content (AvgIpc) is 2.35. The van der Waals surface area contributed by atoms with Crippen molar-refractivity contribution in [3.63, 3.8) is 0 Å². The molecular formula is C14H21N3O4. The summed E-state index contributed by atoms with van der Waals surface area (Å²) in [6, 6.07) is 4.67. The van der Waals surface area contributed by atoms with Gasteiger partial charge in [0.25, 0.3) is 5.91 Å². The quantitative estimate of drug-likeness (QED) is 0.614. The van der Waals surface area contributed by atoms with E-state index in [2.05, 4.69) is 10.6 Å². The van der Waals surface area contributed by atoms with Crippen molar-refractivity contribution in [3.8, 4) is 5.75 Å². The Balaban J connectivity index is 2.79. The molecule has 0 saturated heterocycles. The molecule has 0 radical (unpaired) electrons. The van der Waals surface area contributed by atoms with Crippen LogP contribution >= 0.6 is 0 Å². The minimum atomic E-state index is -0.518. The molecule has 0 atom stereocenters. The van der Waals surface area contributed by atoms with Crippen LogP contribution in [0.3, 0.4) is 0 Å². The number of nitrogens with one attached hydrogen (secondary N) is 2. The van der Waals surface area contributed by atoms with E-state index in [9.17, 15) is 14.9 Å². The molecule has 0 aliphatic heterocycles. The van der Waals surface area contributed by atoms with Gasteiger partial charge in [0, 0.05) is 18.2 Å². The highest BCUT2D eigenvalue weighted by Crippen LogP contribution is 2.27. The maximum atomic E-state index is 11.7. The monoisotopic (exact) mass is 295 g/mol. The summed E-state index contributed by atoms with van der Waals surface area (Å²) in [5.41, 5.74) is 0.255. The van der Waals surface area contributed by atoms with Crippen LogP contribution in [0.4, 0.5) is 5.69 Å². The van der Waals surface area contributed by atoms with E-state index in [4.69, 9.17) is 4.74 Å². The van der Waals surface area contributed by atoms with Crippen molar-refractivity contribution in [1.82, 2.24) is 10.6 Å². The fourth-order valence-electron chi connectivity index (χ4n) is 1.74. The first-order chi connectivity index (χ1) is 9.73. The average molecular weight is 295 g/mol. The lowest BCUT2D eigenvalue weighted by Crippen LogP contribution is -2.43. The van der Waals surface area contributed by atoms with Gasteiger partial charge in [0.15, 0.2) is 12.4 Å². The van der Waals surface area contributed by atoms with Gasteiger partial charge in [-0.2, -0.15) is 0 Å². The molecule has 0 aliphatic carbocycles. The number of hydrogen-bond donors (Lipinski definition) is 2. The van der Waals surface area contributed by atoms with Crippen LogP contribution in [0, 0.1) is 10.1 Å². The minimum absolute atomic E-state index is 0.0870. The zero-order valence-corrected chi connectivity index (χ0v) is 12.7. The molecule has 0 saturated carbocycles. The summed E-state index contributed by atoms with van der Waals surface area (Å²) in [5.74, 6) is -0.236. The van der Waals surface area contributed by atoms with Gasteiger partial charge in [-0.25, -0.2) is 0 Å². The number of amides is 1. The van der Waals surface area contributed by atoms with Gasteiger partial charge in [-0.3, -0.25) is 14.9 Å². The molecule has 7 heteroatoms. The summed E-state index contributed by atoms with van der Waals surface area (Å²) >= 11 is 0. The topological polar surface area (TPSA) is 93.5 Å². The van der Waals surface area contributed by atoms with Crippen molar-refractivity contribution in [2.75, 3.05) is 13.7 Å². The van der Waals surface area contributed by atoms with E-state index in [-0.39, 0.29) is 29.5 Å². The van der Waals surface area contributed by atoms with Crippen molar-refractivity contribution in [3.05, 3.63) is 33.9 Å². The Kier molecular flexibility index (Phi) is 5.66. The highest BCUT2D eigenvalue weighted by molar-refractivity contribution is 5.78. The molecule has 1 rings (SSSR count). The van der Waals surface area contributed by atoms with Gasteiger partial charge >= 0.3 is 5.69 Å². The lowest BCUT2D eigenvalue weighted by Gasteiger charge is -2.20. The predicted molar refractivity (Wildman–Crippen MR) is 79.3 cm³/mol. The normalized spacial score (nSPS) is 11.0. The molecule has 0 heterocycles. The Bertz CT molecular complexity index is 523. The van der Waals surface area contributed by atoms with E-state index in [0.29, 0.717) is 6.54 Å². The van der Waals surface area contributed by atoms with Crippen LogP contribution in [0.15, 0.2) is 18.2 Å². The molecule has 0 aromatic heterocycles. The van der Waals surface area contributed by atoms with Gasteiger partial charge in [-0.1, -0.05) is 6.07 Å². The summed E-state index contributed by atoms with van der Waals surface area (Å²) in [6.45, 7) is 5.80. The molecule has 1 amide bonds. The molecule has 0 spiro atoms. The van der Waals surface area contributed by atoms with E-state index in [1.807, 2.05) is 20.8 Å². The number of nitro benzene ring substituents is 1. The largest absolute Gasteiger partial charge is 0.477 e. The Hall–Kier alpha value is -2.15. The van der Waals surface area contributed by atoms with Crippen LogP contribution in [0.2, 0.25) is 0 Å². The number of rotatable bonds is 6. The lowest BCUT2D eigenvalue weighted by atomic mass is 10.1. The maximum absolute atomic E-state index is 11.7. The van der Waals surface area contributed by atoms with Crippen molar-refractivity contribution >= 4 is 11.6 Å². The van der Waals surface area contributed by atoms with E-state index >= 15 is 0 Å². The second-order valence-corrected chi connectivity index (χ2v) is 5.68. The van der Waals surface area contributed by atoms with Gasteiger partial charge < -0.3 is 15.4 Å². The molecule has 0 aliphatic rings. The highest BCUT2D eigenvalue weighted by Gasteiger charge is 2.18. The number of carbonyl (C=O) groups excluding carboxylic acids is 1. The molecule has 116 valence electrons.